The summed E-state index contributed by atoms with van der Waals surface area (Å²) in [4.78, 5) is 39.6. The molecule has 0 bridgehead atoms. The molecule has 9 heteroatoms. The second-order valence-corrected chi connectivity index (χ2v) is 6.38. The van der Waals surface area contributed by atoms with Crippen molar-refractivity contribution in [2.45, 2.75) is 31.4 Å². The lowest BCUT2D eigenvalue weighted by Crippen LogP contribution is -2.42. The van der Waals surface area contributed by atoms with Crippen LogP contribution in [0.5, 0.6) is 5.75 Å². The highest BCUT2D eigenvalue weighted by Crippen LogP contribution is 2.38. The van der Waals surface area contributed by atoms with Crippen LogP contribution in [-0.4, -0.2) is 39.4 Å². The van der Waals surface area contributed by atoms with Gasteiger partial charge in [0.05, 0.1) is 31.9 Å². The summed E-state index contributed by atoms with van der Waals surface area (Å²) < 4.78 is 5.18. The van der Waals surface area contributed by atoms with Gasteiger partial charge in [0.1, 0.15) is 5.75 Å². The van der Waals surface area contributed by atoms with E-state index in [0.29, 0.717) is 18.6 Å². The molecule has 138 valence electrons. The maximum Gasteiger partial charge on any atom is 0.266 e. The standard InChI is InChI=1S/C17H20N4O5/c1-26-13-4-11(7-18-8-13)16(9-2-12(22)3-9)19-14(23)5-10-6-15(24)20-21-17(10)25/h4,6-9,12,16,22H,2-3,5H2,1H3,(H,19,23)(H,20,24)(H,21,25)/t9?,12?,16-/m1/s1. The minimum absolute atomic E-state index is 0.0558. The second kappa shape index (κ2) is 7.52. The number of aromatic amines is 2. The number of hydrogen-bond acceptors (Lipinski definition) is 6. The number of carbonyl (C=O) groups excluding carboxylic acids is 1. The summed E-state index contributed by atoms with van der Waals surface area (Å²) in [6.45, 7) is 0. The van der Waals surface area contributed by atoms with E-state index in [2.05, 4.69) is 20.5 Å². The molecule has 2 aromatic heterocycles. The summed E-state index contributed by atoms with van der Waals surface area (Å²) in [7, 11) is 1.53. The first kappa shape index (κ1) is 17.9. The lowest BCUT2D eigenvalue weighted by molar-refractivity contribution is -0.122. The van der Waals surface area contributed by atoms with Crippen molar-refractivity contribution in [1.29, 1.82) is 0 Å². The van der Waals surface area contributed by atoms with Crippen LogP contribution in [0.1, 0.15) is 30.0 Å². The Balaban J connectivity index is 1.79. The average Bonchev–Trinajstić information content (AvgIpc) is 2.60. The van der Waals surface area contributed by atoms with Crippen LogP contribution in [0.2, 0.25) is 0 Å². The van der Waals surface area contributed by atoms with E-state index in [9.17, 15) is 19.5 Å². The van der Waals surface area contributed by atoms with Gasteiger partial charge in [0.15, 0.2) is 0 Å². The van der Waals surface area contributed by atoms with Crippen LogP contribution in [0.3, 0.4) is 0 Å². The predicted molar refractivity (Wildman–Crippen MR) is 91.8 cm³/mol. The Morgan fingerprint density at radius 2 is 2.12 bits per heavy atom. The lowest BCUT2D eigenvalue weighted by atomic mass is 9.75. The van der Waals surface area contributed by atoms with Crippen molar-refractivity contribution in [2.75, 3.05) is 7.11 Å². The van der Waals surface area contributed by atoms with Crippen LogP contribution in [0.4, 0.5) is 0 Å². The highest BCUT2D eigenvalue weighted by atomic mass is 16.5. The van der Waals surface area contributed by atoms with Crippen LogP contribution in [0.25, 0.3) is 0 Å². The monoisotopic (exact) mass is 360 g/mol. The van der Waals surface area contributed by atoms with Gasteiger partial charge in [0, 0.05) is 17.8 Å². The van der Waals surface area contributed by atoms with E-state index < -0.39 is 17.0 Å². The molecule has 0 unspecified atom stereocenters. The molecule has 0 spiro atoms. The predicted octanol–water partition coefficient (Wildman–Crippen LogP) is -0.362. The topological polar surface area (TPSA) is 137 Å². The van der Waals surface area contributed by atoms with Gasteiger partial charge in [-0.15, -0.1) is 0 Å². The van der Waals surface area contributed by atoms with Gasteiger partial charge in [0.2, 0.25) is 5.91 Å². The molecule has 1 saturated carbocycles. The molecule has 0 aromatic carbocycles. The quantitative estimate of drug-likeness (QED) is 0.555. The van der Waals surface area contributed by atoms with Gasteiger partial charge in [-0.3, -0.25) is 29.6 Å². The molecule has 26 heavy (non-hydrogen) atoms. The Bertz CT molecular complexity index is 900. The van der Waals surface area contributed by atoms with Crippen molar-refractivity contribution in [2.24, 2.45) is 5.92 Å². The number of pyridine rings is 1. The number of aromatic nitrogens is 3. The Morgan fingerprint density at radius 1 is 1.35 bits per heavy atom. The zero-order valence-corrected chi connectivity index (χ0v) is 14.2. The van der Waals surface area contributed by atoms with Crippen LogP contribution in [0.15, 0.2) is 34.1 Å². The number of hydrogen-bond donors (Lipinski definition) is 4. The number of methoxy groups -OCH3 is 1. The first-order chi connectivity index (χ1) is 12.5. The van der Waals surface area contributed by atoms with Gasteiger partial charge in [-0.1, -0.05) is 0 Å². The molecule has 0 radical (unpaired) electrons. The van der Waals surface area contributed by atoms with Crippen molar-refractivity contribution in [3.05, 3.63) is 56.4 Å². The third-order valence-corrected chi connectivity index (χ3v) is 4.51. The van der Waals surface area contributed by atoms with Crippen LogP contribution in [-0.2, 0) is 11.2 Å². The largest absolute Gasteiger partial charge is 0.495 e. The fraction of sp³-hybridized carbons (Fsp3) is 0.412. The van der Waals surface area contributed by atoms with Gasteiger partial charge in [-0.05, 0) is 30.4 Å². The van der Waals surface area contributed by atoms with Crippen LogP contribution < -0.4 is 21.2 Å². The van der Waals surface area contributed by atoms with E-state index in [1.54, 1.807) is 18.5 Å². The molecule has 4 N–H and O–H groups in total. The van der Waals surface area contributed by atoms with Gasteiger partial charge < -0.3 is 15.2 Å². The first-order valence-electron chi connectivity index (χ1n) is 8.23. The van der Waals surface area contributed by atoms with Crippen molar-refractivity contribution in [3.63, 3.8) is 0 Å². The zero-order chi connectivity index (χ0) is 18.7. The van der Waals surface area contributed by atoms with E-state index in [1.807, 2.05) is 0 Å². The number of nitrogens with one attached hydrogen (secondary N) is 3. The Morgan fingerprint density at radius 3 is 2.81 bits per heavy atom. The molecular formula is C17H20N4O5. The van der Waals surface area contributed by atoms with Crippen LogP contribution in [0, 0.1) is 5.92 Å². The first-order valence-corrected chi connectivity index (χ1v) is 8.23. The molecule has 2 aromatic rings. The average molecular weight is 360 g/mol. The second-order valence-electron chi connectivity index (χ2n) is 6.38. The normalized spacial score (nSPS) is 20.1. The Labute approximate surface area is 148 Å². The van der Waals surface area contributed by atoms with Gasteiger partial charge in [-0.2, -0.15) is 0 Å². The third kappa shape index (κ3) is 3.99. The van der Waals surface area contributed by atoms with Crippen molar-refractivity contribution >= 4 is 5.91 Å². The maximum atomic E-state index is 12.4. The fourth-order valence-corrected chi connectivity index (χ4v) is 3.08. The van der Waals surface area contributed by atoms with E-state index in [4.69, 9.17) is 4.74 Å². The van der Waals surface area contributed by atoms with E-state index >= 15 is 0 Å². The number of amides is 1. The molecule has 9 nitrogen and oxygen atoms in total. The summed E-state index contributed by atoms with van der Waals surface area (Å²) >= 11 is 0. The number of ether oxygens (including phenoxy) is 1. The minimum Gasteiger partial charge on any atom is -0.495 e. The lowest BCUT2D eigenvalue weighted by Gasteiger charge is -2.38. The molecule has 1 fully saturated rings. The highest BCUT2D eigenvalue weighted by molar-refractivity contribution is 5.79. The number of nitrogens with zero attached hydrogens (tertiary/aromatic N) is 1. The molecule has 0 aliphatic heterocycles. The van der Waals surface area contributed by atoms with E-state index in [-0.39, 0.29) is 30.0 Å². The SMILES string of the molecule is COc1cncc([C@H](NC(=O)Cc2cc(=O)[nH][nH]c2=O)C2CC(O)C2)c1. The number of carbonyl (C=O) groups is 1. The summed E-state index contributed by atoms with van der Waals surface area (Å²) in [6.07, 6.45) is 3.73. The minimum atomic E-state index is -0.515. The fourth-order valence-electron chi connectivity index (χ4n) is 3.08. The number of aliphatic hydroxyl groups excluding tert-OH is 1. The highest BCUT2D eigenvalue weighted by Gasteiger charge is 2.36. The summed E-state index contributed by atoms with van der Waals surface area (Å²) in [5.41, 5.74) is -0.154. The molecule has 2 heterocycles. The summed E-state index contributed by atoms with van der Waals surface area (Å²) in [5.74, 6) is 0.225. The molecule has 3 rings (SSSR count). The molecule has 1 atom stereocenters. The summed E-state index contributed by atoms with van der Waals surface area (Å²) in [5, 5.41) is 16.9. The Kier molecular flexibility index (Phi) is 5.17. The maximum absolute atomic E-state index is 12.4. The molecular weight excluding hydrogens is 340 g/mol. The number of H-pyrrole nitrogens is 2. The molecule has 0 saturated heterocycles. The number of rotatable bonds is 6. The van der Waals surface area contributed by atoms with Crippen molar-refractivity contribution in [1.82, 2.24) is 20.5 Å². The molecule has 1 amide bonds. The van der Waals surface area contributed by atoms with Crippen LogP contribution >= 0.6 is 0 Å². The Hall–Kier alpha value is -2.94. The van der Waals surface area contributed by atoms with Gasteiger partial charge in [-0.25, -0.2) is 0 Å². The van der Waals surface area contributed by atoms with Crippen molar-refractivity contribution in [3.8, 4) is 5.75 Å². The van der Waals surface area contributed by atoms with Crippen molar-refractivity contribution < 1.29 is 14.6 Å². The van der Waals surface area contributed by atoms with E-state index in [0.717, 1.165) is 11.6 Å². The van der Waals surface area contributed by atoms with Gasteiger partial charge in [0.25, 0.3) is 11.1 Å². The zero-order valence-electron chi connectivity index (χ0n) is 14.2. The molecule has 1 aliphatic rings. The van der Waals surface area contributed by atoms with E-state index in [1.165, 1.54) is 7.11 Å². The summed E-state index contributed by atoms with van der Waals surface area (Å²) in [6, 6.07) is 2.52. The number of aliphatic hydroxyl groups is 1. The third-order valence-electron chi connectivity index (χ3n) is 4.51. The molecule has 1 aliphatic carbocycles. The smallest absolute Gasteiger partial charge is 0.266 e. The van der Waals surface area contributed by atoms with Gasteiger partial charge >= 0.3 is 0 Å².